The molecule has 2 nitrogen and oxygen atoms in total. The highest BCUT2D eigenvalue weighted by atomic mass is 32.1. The topological polar surface area (TPSA) is 24.1 Å². The van der Waals surface area contributed by atoms with E-state index in [9.17, 15) is 0 Å². The molecule has 2 N–H and O–H groups in total. The lowest BCUT2D eigenvalue weighted by Gasteiger charge is -2.33. The van der Waals surface area contributed by atoms with Crippen molar-refractivity contribution in [1.82, 2.24) is 10.6 Å². The molecule has 0 saturated heterocycles. The Labute approximate surface area is 331 Å². The van der Waals surface area contributed by atoms with Gasteiger partial charge in [0.05, 0.1) is 6.04 Å². The summed E-state index contributed by atoms with van der Waals surface area (Å²) in [6.07, 6.45) is 2.30. The molecule has 2 aliphatic rings. The molecule has 9 aromatic rings. The highest BCUT2D eigenvalue weighted by molar-refractivity contribution is 7.25. The van der Waals surface area contributed by atoms with Gasteiger partial charge in [-0.25, -0.2) is 0 Å². The van der Waals surface area contributed by atoms with Crippen LogP contribution in [0.1, 0.15) is 53.9 Å². The van der Waals surface area contributed by atoms with Crippen LogP contribution in [0.4, 0.5) is 0 Å². The summed E-state index contributed by atoms with van der Waals surface area (Å²) in [5, 5.41) is 13.0. The average Bonchev–Trinajstić information content (AvgIpc) is 3.74. The number of nitrogens with one attached hydrogen (secondary N) is 2. The number of hydrogen-bond acceptors (Lipinski definition) is 3. The second kappa shape index (κ2) is 12.9. The van der Waals surface area contributed by atoms with Crippen LogP contribution in [0.5, 0.6) is 0 Å². The Morgan fingerprint density at radius 2 is 1.16 bits per heavy atom. The van der Waals surface area contributed by atoms with Gasteiger partial charge < -0.3 is 5.32 Å². The molecule has 0 fully saturated rings. The van der Waals surface area contributed by atoms with Gasteiger partial charge in [-0.3, -0.25) is 5.32 Å². The fourth-order valence-corrected chi connectivity index (χ4v) is 10.3. The van der Waals surface area contributed by atoms with Gasteiger partial charge in [-0.15, -0.1) is 11.3 Å². The van der Waals surface area contributed by atoms with Gasteiger partial charge in [0.1, 0.15) is 6.17 Å². The van der Waals surface area contributed by atoms with E-state index in [1.807, 2.05) is 11.3 Å². The van der Waals surface area contributed by atoms with Crippen molar-refractivity contribution < 1.29 is 0 Å². The zero-order valence-electron chi connectivity index (χ0n) is 31.4. The second-order valence-electron chi connectivity index (χ2n) is 15.8. The molecule has 56 heavy (non-hydrogen) atoms. The Morgan fingerprint density at radius 3 is 1.98 bits per heavy atom. The predicted molar refractivity (Wildman–Crippen MR) is 238 cm³/mol. The lowest BCUT2D eigenvalue weighted by molar-refractivity contribution is 0.443. The van der Waals surface area contributed by atoms with Crippen LogP contribution in [-0.4, -0.2) is 0 Å². The molecule has 268 valence electrons. The highest BCUT2D eigenvalue weighted by Gasteiger charge is 2.37. The third-order valence-corrected chi connectivity index (χ3v) is 13.3. The number of thiophene rings is 1. The summed E-state index contributed by atoms with van der Waals surface area (Å²) in [5.41, 5.74) is 15.2. The summed E-state index contributed by atoms with van der Waals surface area (Å²) in [5.74, 6) is 0. The lowest BCUT2D eigenvalue weighted by atomic mass is 9.81. The minimum Gasteiger partial charge on any atom is -0.366 e. The smallest absolute Gasteiger partial charge is 0.104 e. The Bertz CT molecular complexity index is 2990. The fourth-order valence-electron chi connectivity index (χ4n) is 9.17. The van der Waals surface area contributed by atoms with E-state index in [-0.39, 0.29) is 17.6 Å². The van der Waals surface area contributed by atoms with Gasteiger partial charge in [0.15, 0.2) is 0 Å². The first kappa shape index (κ1) is 33.1. The minimum atomic E-state index is -0.0688. The van der Waals surface area contributed by atoms with E-state index in [2.05, 4.69) is 206 Å². The quantitative estimate of drug-likeness (QED) is 0.184. The molecule has 1 aromatic heterocycles. The van der Waals surface area contributed by atoms with E-state index in [0.717, 1.165) is 5.70 Å². The summed E-state index contributed by atoms with van der Waals surface area (Å²) in [6.45, 7) is 4.74. The zero-order valence-corrected chi connectivity index (χ0v) is 32.2. The third kappa shape index (κ3) is 5.42. The molecule has 11 rings (SSSR count). The van der Waals surface area contributed by atoms with Crippen molar-refractivity contribution in [2.24, 2.45) is 0 Å². The number of rotatable bonds is 5. The molecule has 0 radical (unpaired) electrons. The van der Waals surface area contributed by atoms with Gasteiger partial charge >= 0.3 is 0 Å². The second-order valence-corrected chi connectivity index (χ2v) is 16.9. The first-order valence-corrected chi connectivity index (χ1v) is 20.4. The van der Waals surface area contributed by atoms with Gasteiger partial charge in [0, 0.05) is 31.3 Å². The predicted octanol–water partition coefficient (Wildman–Crippen LogP) is 13.8. The van der Waals surface area contributed by atoms with Crippen molar-refractivity contribution in [1.29, 1.82) is 0 Å². The average molecular weight is 737 g/mol. The standard InChI is InChI=1S/C53H40N2S/c1-53(2)45-17-10-16-41(51(45)44-30-38-13-6-7-14-39(38)31-46(44)53)34-21-25-36(26-22-34)48-32-47(54-52(55-48)37-11-4-3-5-12-37)35-23-19-33(20-24-35)40-27-28-50-43(29-40)42-15-8-9-18-49(42)56-50/h3-32,47,52,54-55H,1-2H3. The lowest BCUT2D eigenvalue weighted by Crippen LogP contribution is -2.39. The molecule has 0 saturated carbocycles. The molecule has 2 heterocycles. The molecule has 8 aromatic carbocycles. The van der Waals surface area contributed by atoms with Crippen LogP contribution >= 0.6 is 11.3 Å². The molecule has 0 bridgehead atoms. The maximum Gasteiger partial charge on any atom is 0.104 e. The van der Waals surface area contributed by atoms with Crippen molar-refractivity contribution >= 4 is 48.0 Å². The van der Waals surface area contributed by atoms with Crippen molar-refractivity contribution in [2.45, 2.75) is 31.5 Å². The van der Waals surface area contributed by atoms with Crippen LogP contribution in [0.25, 0.3) is 70.0 Å². The van der Waals surface area contributed by atoms with Gasteiger partial charge in [-0.05, 0) is 108 Å². The maximum absolute atomic E-state index is 3.89. The molecule has 2 unspecified atom stereocenters. The first-order chi connectivity index (χ1) is 27.5. The Kier molecular flexibility index (Phi) is 7.64. The van der Waals surface area contributed by atoms with Crippen LogP contribution in [0.3, 0.4) is 0 Å². The van der Waals surface area contributed by atoms with Crippen molar-refractivity contribution in [3.8, 4) is 33.4 Å². The normalized spacial score (nSPS) is 17.1. The van der Waals surface area contributed by atoms with Crippen molar-refractivity contribution in [3.05, 3.63) is 210 Å². The summed E-state index contributed by atoms with van der Waals surface area (Å²) >= 11 is 1.86. The van der Waals surface area contributed by atoms with Crippen LogP contribution in [0.2, 0.25) is 0 Å². The van der Waals surface area contributed by atoms with E-state index in [4.69, 9.17) is 0 Å². The van der Waals surface area contributed by atoms with Crippen molar-refractivity contribution in [2.75, 3.05) is 0 Å². The molecular formula is C53H40N2S. The molecule has 2 atom stereocenters. The molecule has 1 aliphatic carbocycles. The number of hydrogen-bond donors (Lipinski definition) is 2. The van der Waals surface area contributed by atoms with E-state index in [0.29, 0.717) is 0 Å². The van der Waals surface area contributed by atoms with Crippen LogP contribution < -0.4 is 10.6 Å². The largest absolute Gasteiger partial charge is 0.366 e. The van der Waals surface area contributed by atoms with Crippen molar-refractivity contribution in [3.63, 3.8) is 0 Å². The van der Waals surface area contributed by atoms with Crippen LogP contribution in [0, 0.1) is 0 Å². The summed E-state index contributed by atoms with van der Waals surface area (Å²) in [4.78, 5) is 0. The Morgan fingerprint density at radius 1 is 0.482 bits per heavy atom. The van der Waals surface area contributed by atoms with E-state index >= 15 is 0 Å². The van der Waals surface area contributed by atoms with Crippen LogP contribution in [-0.2, 0) is 5.41 Å². The van der Waals surface area contributed by atoms with Gasteiger partial charge in [0.25, 0.3) is 0 Å². The number of benzene rings is 8. The van der Waals surface area contributed by atoms with Gasteiger partial charge in [-0.1, -0.05) is 159 Å². The van der Waals surface area contributed by atoms with Gasteiger partial charge in [-0.2, -0.15) is 0 Å². The highest BCUT2D eigenvalue weighted by Crippen LogP contribution is 2.53. The molecule has 0 spiro atoms. The minimum absolute atomic E-state index is 0.0272. The first-order valence-electron chi connectivity index (χ1n) is 19.6. The molecular weight excluding hydrogens is 697 g/mol. The summed E-state index contributed by atoms with van der Waals surface area (Å²) in [7, 11) is 0. The fraction of sp³-hybridized carbons (Fsp3) is 0.0943. The molecule has 3 heteroatoms. The van der Waals surface area contributed by atoms with Crippen LogP contribution in [0.15, 0.2) is 182 Å². The van der Waals surface area contributed by atoms with E-state index in [1.54, 1.807) is 0 Å². The SMILES string of the molecule is CC1(C)c2cc3ccccc3cc2-c2c(-c3ccc(C4=CC(c5ccc(-c6ccc7sc8ccccc8c7c6)cc5)NC(c5ccccc5)N4)cc3)cccc21. The summed E-state index contributed by atoms with van der Waals surface area (Å²) in [6, 6.07) is 65.0. The van der Waals surface area contributed by atoms with E-state index < -0.39 is 0 Å². The van der Waals surface area contributed by atoms with E-state index in [1.165, 1.54) is 92.1 Å². The molecule has 1 aliphatic heterocycles. The maximum atomic E-state index is 3.89. The molecule has 0 amide bonds. The zero-order chi connectivity index (χ0) is 37.4. The Hall–Kier alpha value is -6.26. The Balaban J connectivity index is 0.938. The number of fused-ring (bicyclic) bond motifs is 7. The monoisotopic (exact) mass is 736 g/mol. The van der Waals surface area contributed by atoms with Gasteiger partial charge in [0.2, 0.25) is 0 Å². The third-order valence-electron chi connectivity index (χ3n) is 12.2. The summed E-state index contributed by atoms with van der Waals surface area (Å²) < 4.78 is 2.67.